The van der Waals surface area contributed by atoms with E-state index in [0.29, 0.717) is 11.6 Å². The molecule has 0 amide bonds. The second-order valence-electron chi connectivity index (χ2n) is 6.15. The van der Waals surface area contributed by atoms with Crippen LogP contribution >= 0.6 is 0 Å². The number of rotatable bonds is 4. The Bertz CT molecular complexity index is 584. The van der Waals surface area contributed by atoms with Gasteiger partial charge < -0.3 is 5.73 Å². The molecule has 0 bridgehead atoms. The molecule has 5 heteroatoms. The predicted molar refractivity (Wildman–Crippen MR) is 86.6 cm³/mol. The molecule has 2 atom stereocenters. The highest BCUT2D eigenvalue weighted by atomic mass is 32.2. The summed E-state index contributed by atoms with van der Waals surface area (Å²) in [5.74, 6) is 0.694. The molecule has 1 aromatic carbocycles. The predicted octanol–water partition coefficient (Wildman–Crippen LogP) is 3.08. The molecule has 3 N–H and O–H groups in total. The number of hydrogen-bond acceptors (Lipinski definition) is 3. The second kappa shape index (κ2) is 6.79. The largest absolute Gasteiger partial charge is 0.398 e. The molecule has 2 unspecified atom stereocenters. The quantitative estimate of drug-likeness (QED) is 0.663. The first-order valence-corrected chi connectivity index (χ1v) is 9.31. The molecular weight excluding hydrogens is 284 g/mol. The van der Waals surface area contributed by atoms with Crippen molar-refractivity contribution < 1.29 is 8.42 Å². The summed E-state index contributed by atoms with van der Waals surface area (Å²) in [5, 5.41) is 0. The van der Waals surface area contributed by atoms with Gasteiger partial charge in [-0.15, -0.1) is 0 Å². The maximum Gasteiger partial charge on any atom is 0.240 e. The highest BCUT2D eigenvalue weighted by Gasteiger charge is 2.23. The summed E-state index contributed by atoms with van der Waals surface area (Å²) in [7, 11) is -3.47. The average molecular weight is 310 g/mol. The first-order chi connectivity index (χ1) is 9.92. The van der Waals surface area contributed by atoms with Gasteiger partial charge in [-0.25, -0.2) is 13.1 Å². The van der Waals surface area contributed by atoms with Crippen molar-refractivity contribution >= 4 is 15.7 Å². The van der Waals surface area contributed by atoms with Gasteiger partial charge in [0.25, 0.3) is 0 Å². The average Bonchev–Trinajstić information content (AvgIpc) is 2.63. The zero-order valence-corrected chi connectivity index (χ0v) is 13.7. The summed E-state index contributed by atoms with van der Waals surface area (Å²) in [6.07, 6.45) is 6.01. The monoisotopic (exact) mass is 310 g/mol. The van der Waals surface area contributed by atoms with Crippen molar-refractivity contribution in [2.75, 3.05) is 5.73 Å². The van der Waals surface area contributed by atoms with E-state index < -0.39 is 10.0 Å². The Hall–Kier alpha value is -1.07. The van der Waals surface area contributed by atoms with E-state index in [0.717, 1.165) is 37.7 Å². The minimum Gasteiger partial charge on any atom is -0.398 e. The minimum atomic E-state index is -3.47. The molecule has 2 rings (SSSR count). The molecule has 1 fully saturated rings. The van der Waals surface area contributed by atoms with E-state index in [1.165, 1.54) is 6.42 Å². The van der Waals surface area contributed by atoms with E-state index in [1.54, 1.807) is 18.2 Å². The van der Waals surface area contributed by atoms with Gasteiger partial charge >= 0.3 is 0 Å². The lowest BCUT2D eigenvalue weighted by Gasteiger charge is -2.17. The Labute approximate surface area is 128 Å². The summed E-state index contributed by atoms with van der Waals surface area (Å²) in [5.41, 5.74) is 7.45. The third kappa shape index (κ3) is 4.20. The highest BCUT2D eigenvalue weighted by molar-refractivity contribution is 7.89. The topological polar surface area (TPSA) is 72.2 Å². The number of nitrogens with two attached hydrogens (primary N) is 1. The summed E-state index contributed by atoms with van der Waals surface area (Å²) in [4.78, 5) is 0.273. The van der Waals surface area contributed by atoms with Crippen LogP contribution in [0, 0.1) is 5.92 Å². The number of nitrogens with one attached hydrogen (secondary N) is 1. The van der Waals surface area contributed by atoms with E-state index in [4.69, 9.17) is 5.73 Å². The molecule has 21 heavy (non-hydrogen) atoms. The smallest absolute Gasteiger partial charge is 0.240 e. The van der Waals surface area contributed by atoms with Gasteiger partial charge in [-0.1, -0.05) is 32.8 Å². The maximum absolute atomic E-state index is 12.5. The molecule has 1 aromatic rings. The van der Waals surface area contributed by atoms with Crippen LogP contribution in [0.1, 0.15) is 51.5 Å². The van der Waals surface area contributed by atoms with Crippen LogP contribution in [0.2, 0.25) is 0 Å². The van der Waals surface area contributed by atoms with Gasteiger partial charge in [-0.05, 0) is 49.3 Å². The van der Waals surface area contributed by atoms with E-state index in [1.807, 2.05) is 6.92 Å². The van der Waals surface area contributed by atoms with Crippen LogP contribution in [0.25, 0.3) is 0 Å². The molecule has 118 valence electrons. The molecular formula is C16H26N2O2S. The van der Waals surface area contributed by atoms with Crippen molar-refractivity contribution in [2.24, 2.45) is 5.92 Å². The van der Waals surface area contributed by atoms with E-state index in [-0.39, 0.29) is 10.9 Å². The Morgan fingerprint density at radius 2 is 2.00 bits per heavy atom. The van der Waals surface area contributed by atoms with Gasteiger partial charge in [0.05, 0.1) is 4.90 Å². The standard InChI is InChI=1S/C16H26N2O2S/c1-3-13-8-10-15(11-16(13)17)21(19,20)18-14-6-4-5-12(2)7-9-14/h8,10-12,14,18H,3-7,9,17H2,1-2H3. The van der Waals surface area contributed by atoms with Crippen LogP contribution in [-0.2, 0) is 16.4 Å². The number of nitrogen functional groups attached to an aromatic ring is 1. The van der Waals surface area contributed by atoms with Crippen molar-refractivity contribution in [3.63, 3.8) is 0 Å². The van der Waals surface area contributed by atoms with Crippen molar-refractivity contribution in [2.45, 2.75) is 63.3 Å². The van der Waals surface area contributed by atoms with Gasteiger partial charge in [-0.2, -0.15) is 0 Å². The van der Waals surface area contributed by atoms with Gasteiger partial charge in [0.1, 0.15) is 0 Å². The lowest BCUT2D eigenvalue weighted by molar-refractivity contribution is 0.484. The van der Waals surface area contributed by atoms with Crippen molar-refractivity contribution in [1.82, 2.24) is 4.72 Å². The third-order valence-electron chi connectivity index (χ3n) is 4.39. The normalized spacial score (nSPS) is 23.7. The first kappa shape index (κ1) is 16.3. The zero-order valence-electron chi connectivity index (χ0n) is 12.9. The lowest BCUT2D eigenvalue weighted by Crippen LogP contribution is -2.34. The highest BCUT2D eigenvalue weighted by Crippen LogP contribution is 2.24. The summed E-state index contributed by atoms with van der Waals surface area (Å²) in [6.45, 7) is 4.24. The second-order valence-corrected chi connectivity index (χ2v) is 7.86. The number of anilines is 1. The number of benzene rings is 1. The van der Waals surface area contributed by atoms with Crippen molar-refractivity contribution in [1.29, 1.82) is 0 Å². The molecule has 0 spiro atoms. The lowest BCUT2D eigenvalue weighted by atomic mass is 10.0. The van der Waals surface area contributed by atoms with Crippen LogP contribution in [0.5, 0.6) is 0 Å². The van der Waals surface area contributed by atoms with Crippen molar-refractivity contribution in [3.8, 4) is 0 Å². The van der Waals surface area contributed by atoms with E-state index >= 15 is 0 Å². The summed E-state index contributed by atoms with van der Waals surface area (Å²) in [6, 6.07) is 5.07. The molecule has 1 aliphatic carbocycles. The molecule has 0 saturated heterocycles. The van der Waals surface area contributed by atoms with Gasteiger partial charge in [0.2, 0.25) is 10.0 Å². The Balaban J connectivity index is 2.12. The van der Waals surface area contributed by atoms with E-state index in [2.05, 4.69) is 11.6 Å². The fraction of sp³-hybridized carbons (Fsp3) is 0.625. The molecule has 0 radical (unpaired) electrons. The Kier molecular flexibility index (Phi) is 5.27. The van der Waals surface area contributed by atoms with Crippen LogP contribution in [0.3, 0.4) is 0 Å². The van der Waals surface area contributed by atoms with Crippen LogP contribution < -0.4 is 10.5 Å². The Morgan fingerprint density at radius 3 is 2.67 bits per heavy atom. The fourth-order valence-electron chi connectivity index (χ4n) is 2.95. The molecule has 0 aromatic heterocycles. The summed E-state index contributed by atoms with van der Waals surface area (Å²) < 4.78 is 27.8. The van der Waals surface area contributed by atoms with Gasteiger partial charge in [0, 0.05) is 11.7 Å². The maximum atomic E-state index is 12.5. The molecule has 0 aliphatic heterocycles. The molecule has 1 aliphatic rings. The van der Waals surface area contributed by atoms with Crippen LogP contribution in [0.4, 0.5) is 5.69 Å². The van der Waals surface area contributed by atoms with Crippen LogP contribution in [-0.4, -0.2) is 14.5 Å². The molecule has 4 nitrogen and oxygen atoms in total. The molecule has 0 heterocycles. The Morgan fingerprint density at radius 1 is 1.24 bits per heavy atom. The minimum absolute atomic E-state index is 0.0482. The summed E-state index contributed by atoms with van der Waals surface area (Å²) >= 11 is 0. The number of aryl methyl sites for hydroxylation is 1. The van der Waals surface area contributed by atoms with E-state index in [9.17, 15) is 8.42 Å². The number of hydrogen-bond donors (Lipinski definition) is 2. The fourth-order valence-corrected chi connectivity index (χ4v) is 4.29. The van der Waals surface area contributed by atoms with Gasteiger partial charge in [0.15, 0.2) is 0 Å². The SMILES string of the molecule is CCc1ccc(S(=O)(=O)NC2CCCC(C)CC2)cc1N. The first-order valence-electron chi connectivity index (χ1n) is 7.83. The number of sulfonamides is 1. The van der Waals surface area contributed by atoms with Gasteiger partial charge in [-0.3, -0.25) is 0 Å². The third-order valence-corrected chi connectivity index (χ3v) is 5.91. The van der Waals surface area contributed by atoms with Crippen molar-refractivity contribution in [3.05, 3.63) is 23.8 Å². The molecule has 1 saturated carbocycles. The van der Waals surface area contributed by atoms with Crippen LogP contribution in [0.15, 0.2) is 23.1 Å². The zero-order chi connectivity index (χ0) is 15.5.